The third-order valence-electron chi connectivity index (χ3n) is 5.01. The van der Waals surface area contributed by atoms with E-state index >= 15 is 0 Å². The molecule has 0 radical (unpaired) electrons. The van der Waals surface area contributed by atoms with Gasteiger partial charge in [0.25, 0.3) is 5.91 Å². The summed E-state index contributed by atoms with van der Waals surface area (Å²) in [5.41, 5.74) is 2.86. The van der Waals surface area contributed by atoms with Crippen molar-refractivity contribution in [2.45, 2.75) is 27.0 Å². The summed E-state index contributed by atoms with van der Waals surface area (Å²) in [6.07, 6.45) is 0. The van der Waals surface area contributed by atoms with E-state index in [9.17, 15) is 13.6 Å². The van der Waals surface area contributed by atoms with Crippen LogP contribution in [0, 0.1) is 25.5 Å². The molecule has 33 heavy (non-hydrogen) atoms. The van der Waals surface area contributed by atoms with E-state index in [-0.39, 0.29) is 23.2 Å². The molecule has 6 nitrogen and oxygen atoms in total. The Balaban J connectivity index is 1.42. The Bertz CT molecular complexity index is 1300. The molecule has 4 rings (SSSR count). The number of aryl methyl sites for hydroxylation is 1. The lowest BCUT2D eigenvalue weighted by Crippen LogP contribution is -2.12. The minimum atomic E-state index is -0.462. The Kier molecular flexibility index (Phi) is 6.46. The summed E-state index contributed by atoms with van der Waals surface area (Å²) in [5, 5.41) is 7.45. The van der Waals surface area contributed by atoms with Crippen LogP contribution < -0.4 is 10.1 Å². The van der Waals surface area contributed by atoms with E-state index in [0.717, 1.165) is 17.3 Å². The first-order valence-electron chi connectivity index (χ1n) is 10.1. The first-order chi connectivity index (χ1) is 15.8. The van der Waals surface area contributed by atoms with Gasteiger partial charge in [-0.15, -0.1) is 0 Å². The SMILES string of the molecule is Cc1nn(Cc2ccc(F)cc2)c(C)c1NC(=O)c1ccc(COc2ccc(F)cc2Cl)o1. The van der Waals surface area contributed by atoms with E-state index in [1.165, 1.54) is 30.3 Å². The first kappa shape index (κ1) is 22.5. The van der Waals surface area contributed by atoms with Gasteiger partial charge in [-0.05, 0) is 61.9 Å². The molecule has 1 N–H and O–H groups in total. The molecule has 0 aliphatic rings. The molecule has 170 valence electrons. The number of amides is 1. The standard InChI is InChI=1S/C24H20ClF2N3O3/c1-14-23(15(2)30(29-14)12-16-3-5-17(26)6-4-16)28-24(31)22-10-8-19(33-22)13-32-21-9-7-18(27)11-20(21)25/h3-11H,12-13H2,1-2H3,(H,28,31). The molecule has 9 heteroatoms. The number of hydrogen-bond acceptors (Lipinski definition) is 4. The maximum absolute atomic E-state index is 13.1. The van der Waals surface area contributed by atoms with Crippen LogP contribution in [-0.4, -0.2) is 15.7 Å². The van der Waals surface area contributed by atoms with Gasteiger partial charge in [0.05, 0.1) is 28.6 Å². The third-order valence-corrected chi connectivity index (χ3v) is 5.31. The maximum Gasteiger partial charge on any atom is 0.291 e. The second-order valence-corrected chi connectivity index (χ2v) is 7.82. The smallest absolute Gasteiger partial charge is 0.291 e. The molecular weight excluding hydrogens is 452 g/mol. The highest BCUT2D eigenvalue weighted by molar-refractivity contribution is 6.32. The number of halogens is 3. The van der Waals surface area contributed by atoms with Gasteiger partial charge in [0.1, 0.15) is 29.8 Å². The molecular formula is C24H20ClF2N3O3. The molecule has 0 fully saturated rings. The summed E-state index contributed by atoms with van der Waals surface area (Å²) in [6, 6.07) is 13.1. The molecule has 0 spiro atoms. The van der Waals surface area contributed by atoms with Crippen molar-refractivity contribution in [3.63, 3.8) is 0 Å². The van der Waals surface area contributed by atoms with E-state index in [1.807, 2.05) is 6.92 Å². The average molecular weight is 472 g/mol. The lowest BCUT2D eigenvalue weighted by atomic mass is 10.2. The van der Waals surface area contributed by atoms with E-state index in [2.05, 4.69) is 10.4 Å². The number of carbonyl (C=O) groups is 1. The van der Waals surface area contributed by atoms with Gasteiger partial charge in [0.15, 0.2) is 5.76 Å². The number of benzene rings is 2. The molecule has 2 heterocycles. The zero-order valence-electron chi connectivity index (χ0n) is 17.9. The van der Waals surface area contributed by atoms with E-state index in [4.69, 9.17) is 20.8 Å². The Morgan fingerprint density at radius 2 is 1.82 bits per heavy atom. The fourth-order valence-electron chi connectivity index (χ4n) is 3.29. The van der Waals surface area contributed by atoms with Gasteiger partial charge in [-0.3, -0.25) is 9.48 Å². The highest BCUT2D eigenvalue weighted by Gasteiger charge is 2.18. The van der Waals surface area contributed by atoms with E-state index in [1.54, 1.807) is 29.8 Å². The number of nitrogens with one attached hydrogen (secondary N) is 1. The molecule has 0 saturated heterocycles. The van der Waals surface area contributed by atoms with Crippen molar-refractivity contribution in [3.05, 3.63) is 99.7 Å². The number of furan rings is 1. The molecule has 0 aliphatic carbocycles. The monoisotopic (exact) mass is 471 g/mol. The molecule has 0 atom stereocenters. The van der Waals surface area contributed by atoms with E-state index in [0.29, 0.717) is 29.4 Å². The van der Waals surface area contributed by atoms with Crippen LogP contribution in [0.4, 0.5) is 14.5 Å². The lowest BCUT2D eigenvalue weighted by Gasteiger charge is -2.07. The van der Waals surface area contributed by atoms with E-state index < -0.39 is 11.7 Å². The first-order valence-corrected chi connectivity index (χ1v) is 10.4. The van der Waals surface area contributed by atoms with Crippen LogP contribution in [0.25, 0.3) is 0 Å². The van der Waals surface area contributed by atoms with Gasteiger partial charge in [-0.2, -0.15) is 5.10 Å². The van der Waals surface area contributed by atoms with Crippen LogP contribution in [-0.2, 0) is 13.2 Å². The van der Waals surface area contributed by atoms with Crippen LogP contribution in [0.3, 0.4) is 0 Å². The van der Waals surface area contributed by atoms with Gasteiger partial charge < -0.3 is 14.5 Å². The fourth-order valence-corrected chi connectivity index (χ4v) is 3.51. The van der Waals surface area contributed by atoms with Crippen LogP contribution >= 0.6 is 11.6 Å². The molecule has 2 aromatic heterocycles. The highest BCUT2D eigenvalue weighted by atomic mass is 35.5. The number of ether oxygens (including phenoxy) is 1. The number of nitrogens with zero attached hydrogens (tertiary/aromatic N) is 2. The minimum Gasteiger partial charge on any atom is -0.484 e. The van der Waals surface area contributed by atoms with Gasteiger partial charge in [0, 0.05) is 0 Å². The summed E-state index contributed by atoms with van der Waals surface area (Å²) in [4.78, 5) is 12.7. The van der Waals surface area contributed by atoms with Crippen LogP contribution in [0.15, 0.2) is 59.0 Å². The van der Waals surface area contributed by atoms with Crippen molar-refractivity contribution in [2.24, 2.45) is 0 Å². The van der Waals surface area contributed by atoms with Crippen LogP contribution in [0.1, 0.15) is 33.3 Å². The third kappa shape index (κ3) is 5.23. The summed E-state index contributed by atoms with van der Waals surface area (Å²) in [5.74, 6) is -0.390. The van der Waals surface area contributed by atoms with Crippen molar-refractivity contribution < 1.29 is 22.7 Å². The zero-order chi connectivity index (χ0) is 23.5. The fraction of sp³-hybridized carbons (Fsp3) is 0.167. The number of anilines is 1. The van der Waals surface area contributed by atoms with Crippen molar-refractivity contribution in [1.29, 1.82) is 0 Å². The number of hydrogen-bond donors (Lipinski definition) is 1. The predicted octanol–water partition coefficient (Wildman–Crippen LogP) is 5.90. The second-order valence-electron chi connectivity index (χ2n) is 7.41. The average Bonchev–Trinajstić information content (AvgIpc) is 3.35. The molecule has 0 aliphatic heterocycles. The quantitative estimate of drug-likeness (QED) is 0.364. The summed E-state index contributed by atoms with van der Waals surface area (Å²) >= 11 is 5.95. The second kappa shape index (κ2) is 9.46. The zero-order valence-corrected chi connectivity index (χ0v) is 18.6. The minimum absolute atomic E-state index is 0.0201. The normalized spacial score (nSPS) is 10.9. The molecule has 1 amide bonds. The topological polar surface area (TPSA) is 69.3 Å². The van der Waals surface area contributed by atoms with Gasteiger partial charge >= 0.3 is 0 Å². The molecule has 0 unspecified atom stereocenters. The highest BCUT2D eigenvalue weighted by Crippen LogP contribution is 2.26. The lowest BCUT2D eigenvalue weighted by molar-refractivity contribution is 0.0992. The van der Waals surface area contributed by atoms with Gasteiger partial charge in [-0.1, -0.05) is 23.7 Å². The summed E-state index contributed by atoms with van der Waals surface area (Å²) < 4.78 is 39.1. The number of rotatable bonds is 7. The van der Waals surface area contributed by atoms with Crippen molar-refractivity contribution in [2.75, 3.05) is 5.32 Å². The predicted molar refractivity (Wildman–Crippen MR) is 120 cm³/mol. The van der Waals surface area contributed by atoms with Crippen LogP contribution in [0.5, 0.6) is 5.75 Å². The van der Waals surface area contributed by atoms with Gasteiger partial charge in [-0.25, -0.2) is 8.78 Å². The van der Waals surface area contributed by atoms with Crippen LogP contribution in [0.2, 0.25) is 5.02 Å². The van der Waals surface area contributed by atoms with Crippen molar-refractivity contribution in [1.82, 2.24) is 9.78 Å². The molecule has 0 saturated carbocycles. The van der Waals surface area contributed by atoms with Crippen molar-refractivity contribution >= 4 is 23.2 Å². The van der Waals surface area contributed by atoms with Gasteiger partial charge in [0.2, 0.25) is 0 Å². The summed E-state index contributed by atoms with van der Waals surface area (Å²) in [6.45, 7) is 4.09. The van der Waals surface area contributed by atoms with Crippen molar-refractivity contribution in [3.8, 4) is 5.75 Å². The largest absolute Gasteiger partial charge is 0.484 e. The maximum atomic E-state index is 13.1. The number of aromatic nitrogens is 2. The number of carbonyl (C=O) groups excluding carboxylic acids is 1. The summed E-state index contributed by atoms with van der Waals surface area (Å²) in [7, 11) is 0. The Labute approximate surface area is 193 Å². The molecule has 2 aromatic carbocycles. The Morgan fingerprint density at radius 1 is 1.09 bits per heavy atom. The Hall–Kier alpha value is -3.65. The Morgan fingerprint density at radius 3 is 2.55 bits per heavy atom. The molecule has 0 bridgehead atoms. The molecule has 4 aromatic rings.